The first kappa shape index (κ1) is 25.4. The molecule has 1 amide bonds. The topological polar surface area (TPSA) is 92.7 Å². The monoisotopic (exact) mass is 529 g/mol. The van der Waals surface area contributed by atoms with Crippen LogP contribution in [0.5, 0.6) is 11.6 Å². The number of nitrogens with one attached hydrogen (secondary N) is 2. The SMILES string of the molecule is CNC(=O)c1cnc(OCCO)c(F)c1-c1c(Cl)c(F)cc2c1CC(c1ccccc1)([C@@H]1CCCN1)O2. The van der Waals surface area contributed by atoms with Gasteiger partial charge in [-0.3, -0.25) is 4.79 Å². The lowest BCUT2D eigenvalue weighted by molar-refractivity contribution is 0.0539. The summed E-state index contributed by atoms with van der Waals surface area (Å²) in [6.45, 7) is 0.225. The number of carbonyl (C=O) groups is 1. The fraction of sp³-hybridized carbons (Fsp3) is 0.333. The van der Waals surface area contributed by atoms with Gasteiger partial charge in [0.25, 0.3) is 11.8 Å². The van der Waals surface area contributed by atoms with Crippen LogP contribution >= 0.6 is 11.6 Å². The van der Waals surface area contributed by atoms with Gasteiger partial charge in [0.15, 0.2) is 11.4 Å². The molecule has 2 atom stereocenters. The van der Waals surface area contributed by atoms with Crippen LogP contribution in [0.25, 0.3) is 11.1 Å². The van der Waals surface area contributed by atoms with Gasteiger partial charge >= 0.3 is 0 Å². The maximum absolute atomic E-state index is 16.0. The summed E-state index contributed by atoms with van der Waals surface area (Å²) in [6, 6.07) is 10.7. The van der Waals surface area contributed by atoms with Gasteiger partial charge in [0.1, 0.15) is 18.2 Å². The maximum atomic E-state index is 16.0. The smallest absolute Gasteiger partial charge is 0.253 e. The van der Waals surface area contributed by atoms with E-state index in [4.69, 9.17) is 26.2 Å². The zero-order chi connectivity index (χ0) is 26.2. The summed E-state index contributed by atoms with van der Waals surface area (Å²) in [4.78, 5) is 16.7. The second kappa shape index (κ2) is 10.2. The average Bonchev–Trinajstić information content (AvgIpc) is 3.58. The van der Waals surface area contributed by atoms with E-state index in [9.17, 15) is 4.79 Å². The first-order valence-corrected chi connectivity index (χ1v) is 12.4. The Morgan fingerprint density at radius 1 is 1.32 bits per heavy atom. The van der Waals surface area contributed by atoms with E-state index in [1.54, 1.807) is 0 Å². The molecular formula is C27H26ClF2N3O4. The van der Waals surface area contributed by atoms with E-state index in [0.717, 1.165) is 31.1 Å². The maximum Gasteiger partial charge on any atom is 0.253 e. The predicted molar refractivity (Wildman–Crippen MR) is 134 cm³/mol. The van der Waals surface area contributed by atoms with Crippen LogP contribution in [-0.2, 0) is 12.0 Å². The number of nitrogens with zero attached hydrogens (tertiary/aromatic N) is 1. The van der Waals surface area contributed by atoms with Crippen LogP contribution in [0.2, 0.25) is 5.02 Å². The van der Waals surface area contributed by atoms with Crippen molar-refractivity contribution < 1.29 is 28.2 Å². The van der Waals surface area contributed by atoms with Crippen LogP contribution in [0.4, 0.5) is 8.78 Å². The molecule has 3 heterocycles. The van der Waals surface area contributed by atoms with Crippen LogP contribution < -0.4 is 20.1 Å². The van der Waals surface area contributed by atoms with Crippen molar-refractivity contribution in [1.29, 1.82) is 0 Å². The van der Waals surface area contributed by atoms with E-state index in [1.165, 1.54) is 13.1 Å². The average molecular weight is 530 g/mol. The molecule has 37 heavy (non-hydrogen) atoms. The van der Waals surface area contributed by atoms with Gasteiger partial charge in [-0.2, -0.15) is 0 Å². The molecule has 2 aliphatic rings. The number of halogens is 3. The molecule has 1 fully saturated rings. The highest BCUT2D eigenvalue weighted by Crippen LogP contribution is 2.52. The molecule has 3 aromatic rings. The Bertz CT molecular complexity index is 1340. The molecule has 0 bridgehead atoms. The molecule has 2 aromatic carbocycles. The lowest BCUT2D eigenvalue weighted by atomic mass is 9.80. The van der Waals surface area contributed by atoms with Gasteiger partial charge in [-0.25, -0.2) is 13.8 Å². The lowest BCUT2D eigenvalue weighted by Gasteiger charge is -2.35. The van der Waals surface area contributed by atoms with E-state index >= 15 is 8.78 Å². The number of aliphatic hydroxyl groups is 1. The van der Waals surface area contributed by atoms with Crippen molar-refractivity contribution in [1.82, 2.24) is 15.6 Å². The summed E-state index contributed by atoms with van der Waals surface area (Å²) in [7, 11) is 1.40. The second-order valence-electron chi connectivity index (χ2n) is 9.02. The summed E-state index contributed by atoms with van der Waals surface area (Å²) in [5.74, 6) is -2.63. The molecule has 7 nitrogen and oxygen atoms in total. The Hall–Kier alpha value is -3.27. The Morgan fingerprint density at radius 3 is 2.78 bits per heavy atom. The van der Waals surface area contributed by atoms with Crippen LogP contribution in [0.15, 0.2) is 42.6 Å². The molecule has 5 rings (SSSR count). The Kier molecular flexibility index (Phi) is 7.02. The van der Waals surface area contributed by atoms with Crippen molar-refractivity contribution in [2.45, 2.75) is 30.9 Å². The highest BCUT2D eigenvalue weighted by Gasteiger charge is 2.50. The zero-order valence-corrected chi connectivity index (χ0v) is 20.9. The van der Waals surface area contributed by atoms with E-state index in [-0.39, 0.29) is 53.1 Å². The molecule has 10 heteroatoms. The molecule has 194 valence electrons. The minimum absolute atomic E-state index is 0.0137. The van der Waals surface area contributed by atoms with Crippen molar-refractivity contribution in [2.24, 2.45) is 0 Å². The fourth-order valence-electron chi connectivity index (χ4n) is 5.29. The third kappa shape index (κ3) is 4.31. The normalized spacial score (nSPS) is 20.4. The van der Waals surface area contributed by atoms with Crippen LogP contribution in [0.1, 0.15) is 34.3 Å². The Balaban J connectivity index is 1.75. The zero-order valence-electron chi connectivity index (χ0n) is 20.1. The standard InChI is InChI=1S/C27H26ClF2N3O4/c1-31-25(35)17-14-33-26(36-11-10-34)24(30)22(17)21-16-13-27(20-8-5-9-32-20,15-6-3-2-4-7-15)37-19(16)12-18(29)23(21)28/h2-4,6-7,12,14,20,32,34H,5,8-11,13H2,1H3,(H,31,35)/t20-,27?/m0/s1. The number of carbonyl (C=O) groups excluding carboxylic acids is 1. The summed E-state index contributed by atoms with van der Waals surface area (Å²) in [5.41, 5.74) is 0.116. The minimum atomic E-state index is -0.986. The molecule has 1 aromatic heterocycles. The van der Waals surface area contributed by atoms with Crippen molar-refractivity contribution in [2.75, 3.05) is 26.8 Å². The van der Waals surface area contributed by atoms with Crippen molar-refractivity contribution in [3.63, 3.8) is 0 Å². The van der Waals surface area contributed by atoms with Gasteiger partial charge in [0.2, 0.25) is 0 Å². The van der Waals surface area contributed by atoms with Crippen molar-refractivity contribution in [3.05, 3.63) is 75.9 Å². The third-order valence-electron chi connectivity index (χ3n) is 6.94. The number of benzene rings is 2. The number of aliphatic hydroxyl groups excluding tert-OH is 1. The molecule has 0 spiro atoms. The Labute approximate surface area is 217 Å². The number of pyridine rings is 1. The minimum Gasteiger partial charge on any atom is -0.480 e. The summed E-state index contributed by atoms with van der Waals surface area (Å²) in [5, 5.41) is 14.8. The van der Waals surface area contributed by atoms with Gasteiger partial charge in [0, 0.05) is 42.4 Å². The van der Waals surface area contributed by atoms with E-state index in [0.29, 0.717) is 5.56 Å². The van der Waals surface area contributed by atoms with E-state index < -0.39 is 29.0 Å². The highest BCUT2D eigenvalue weighted by atomic mass is 35.5. The van der Waals surface area contributed by atoms with Crippen molar-refractivity contribution in [3.8, 4) is 22.8 Å². The van der Waals surface area contributed by atoms with Crippen LogP contribution in [0, 0.1) is 11.6 Å². The van der Waals surface area contributed by atoms with Gasteiger partial charge in [-0.1, -0.05) is 41.9 Å². The van der Waals surface area contributed by atoms with Crippen LogP contribution in [-0.4, -0.2) is 48.8 Å². The number of amides is 1. The second-order valence-corrected chi connectivity index (χ2v) is 9.40. The quantitative estimate of drug-likeness (QED) is 0.428. The van der Waals surface area contributed by atoms with Crippen molar-refractivity contribution >= 4 is 17.5 Å². The molecule has 2 aliphatic heterocycles. The van der Waals surface area contributed by atoms with Gasteiger partial charge in [-0.05, 0) is 24.9 Å². The number of ether oxygens (including phenoxy) is 2. The largest absolute Gasteiger partial charge is 0.480 e. The number of hydrogen-bond donors (Lipinski definition) is 3. The third-order valence-corrected chi connectivity index (χ3v) is 7.31. The highest BCUT2D eigenvalue weighted by molar-refractivity contribution is 6.34. The summed E-state index contributed by atoms with van der Waals surface area (Å²) in [6.07, 6.45) is 3.20. The molecule has 0 saturated carbocycles. The van der Waals surface area contributed by atoms with Gasteiger partial charge in [-0.15, -0.1) is 0 Å². The lowest BCUT2D eigenvalue weighted by Crippen LogP contribution is -2.48. The Morgan fingerprint density at radius 2 is 2.11 bits per heavy atom. The number of fused-ring (bicyclic) bond motifs is 1. The molecule has 1 unspecified atom stereocenters. The first-order chi connectivity index (χ1) is 17.9. The molecule has 0 radical (unpaired) electrons. The molecule has 3 N–H and O–H groups in total. The molecule has 1 saturated heterocycles. The predicted octanol–water partition coefficient (Wildman–Crippen LogP) is 3.99. The first-order valence-electron chi connectivity index (χ1n) is 12.0. The summed E-state index contributed by atoms with van der Waals surface area (Å²) >= 11 is 6.51. The van der Waals surface area contributed by atoms with E-state index in [2.05, 4.69) is 15.6 Å². The summed E-state index contributed by atoms with van der Waals surface area (Å²) < 4.78 is 43.0. The van der Waals surface area contributed by atoms with Crippen LogP contribution in [0.3, 0.4) is 0 Å². The molecular weight excluding hydrogens is 504 g/mol. The fourth-order valence-corrected chi connectivity index (χ4v) is 5.55. The number of rotatable bonds is 7. The van der Waals surface area contributed by atoms with Gasteiger partial charge in [0.05, 0.1) is 23.2 Å². The number of hydrogen-bond acceptors (Lipinski definition) is 6. The number of aromatic nitrogens is 1. The molecule has 0 aliphatic carbocycles. The van der Waals surface area contributed by atoms with Gasteiger partial charge < -0.3 is 25.2 Å². The van der Waals surface area contributed by atoms with E-state index in [1.807, 2.05) is 30.3 Å².